The maximum absolute atomic E-state index is 12.9. The topological polar surface area (TPSA) is 104 Å². The second kappa shape index (κ2) is 7.22. The Bertz CT molecular complexity index is 729. The molecule has 1 atom stereocenters. The summed E-state index contributed by atoms with van der Waals surface area (Å²) < 4.78 is 17.9. The van der Waals surface area contributed by atoms with Crippen molar-refractivity contribution in [2.75, 3.05) is 13.7 Å². The molecular weight excluding hydrogens is 317 g/mol. The highest BCUT2D eigenvalue weighted by Crippen LogP contribution is 2.19. The number of ether oxygens (including phenoxy) is 1. The number of halogens is 1. The molecule has 0 saturated carbocycles. The third-order valence-corrected chi connectivity index (χ3v) is 3.38. The maximum atomic E-state index is 12.9. The molecular formula is C16H18FN3O4. The molecule has 2 rings (SSSR count). The number of carbonyl (C=O) groups is 2. The molecule has 3 N–H and O–H groups in total. The fourth-order valence-electron chi connectivity index (χ4n) is 2.33. The van der Waals surface area contributed by atoms with E-state index < -0.39 is 17.4 Å². The quantitative estimate of drug-likeness (QED) is 0.716. The van der Waals surface area contributed by atoms with Crippen molar-refractivity contribution in [3.05, 3.63) is 41.8 Å². The van der Waals surface area contributed by atoms with Crippen LogP contribution < -0.4 is 5.32 Å². The molecule has 0 aliphatic carbocycles. The first-order valence-corrected chi connectivity index (χ1v) is 7.17. The van der Waals surface area contributed by atoms with E-state index in [1.807, 2.05) is 0 Å². The van der Waals surface area contributed by atoms with E-state index in [9.17, 15) is 14.0 Å². The minimum absolute atomic E-state index is 0.0456. The molecule has 0 spiro atoms. The largest absolute Gasteiger partial charge is 0.481 e. The second-order valence-corrected chi connectivity index (χ2v) is 5.69. The molecule has 0 bridgehead atoms. The van der Waals surface area contributed by atoms with E-state index in [1.54, 1.807) is 19.1 Å². The molecule has 24 heavy (non-hydrogen) atoms. The van der Waals surface area contributed by atoms with Gasteiger partial charge in [-0.3, -0.25) is 14.7 Å². The minimum atomic E-state index is -1.06. The van der Waals surface area contributed by atoms with Crippen LogP contribution in [0.1, 0.15) is 23.8 Å². The lowest BCUT2D eigenvalue weighted by molar-refractivity contribution is -0.139. The van der Waals surface area contributed by atoms with E-state index >= 15 is 0 Å². The highest BCUT2D eigenvalue weighted by atomic mass is 19.1. The number of nitrogens with zero attached hydrogens (tertiary/aromatic N) is 1. The van der Waals surface area contributed by atoms with Gasteiger partial charge in [-0.1, -0.05) is 0 Å². The summed E-state index contributed by atoms with van der Waals surface area (Å²) in [6.07, 6.45) is -0.286. The summed E-state index contributed by atoms with van der Waals surface area (Å²) in [7, 11) is 1.43. The Morgan fingerprint density at radius 1 is 1.38 bits per heavy atom. The molecule has 2 aromatic rings. The van der Waals surface area contributed by atoms with Gasteiger partial charge in [0.1, 0.15) is 11.5 Å². The number of aromatic amines is 1. The summed E-state index contributed by atoms with van der Waals surface area (Å²) in [6.45, 7) is 1.63. The van der Waals surface area contributed by atoms with Crippen molar-refractivity contribution in [3.8, 4) is 11.3 Å². The van der Waals surface area contributed by atoms with Crippen LogP contribution in [0.25, 0.3) is 11.3 Å². The highest BCUT2D eigenvalue weighted by molar-refractivity contribution is 5.94. The Hall–Kier alpha value is -2.74. The van der Waals surface area contributed by atoms with Gasteiger partial charge in [0.15, 0.2) is 0 Å². The Morgan fingerprint density at radius 2 is 2.04 bits per heavy atom. The second-order valence-electron chi connectivity index (χ2n) is 5.69. The van der Waals surface area contributed by atoms with Crippen LogP contribution in [-0.4, -0.2) is 46.4 Å². The van der Waals surface area contributed by atoms with Crippen LogP contribution in [0.3, 0.4) is 0 Å². The molecule has 7 nitrogen and oxygen atoms in total. The molecule has 1 aromatic carbocycles. The first-order chi connectivity index (χ1) is 11.3. The molecule has 0 aliphatic heterocycles. The monoisotopic (exact) mass is 335 g/mol. The van der Waals surface area contributed by atoms with Crippen molar-refractivity contribution in [3.63, 3.8) is 0 Å². The first-order valence-electron chi connectivity index (χ1n) is 7.17. The van der Waals surface area contributed by atoms with Crippen LogP contribution in [0, 0.1) is 5.82 Å². The Kier molecular flexibility index (Phi) is 5.30. The number of carboxylic acid groups (broad SMARTS) is 1. The summed E-state index contributed by atoms with van der Waals surface area (Å²) in [5, 5.41) is 18.2. The van der Waals surface area contributed by atoms with E-state index in [-0.39, 0.29) is 24.5 Å². The molecule has 0 radical (unpaired) electrons. The lowest BCUT2D eigenvalue weighted by atomic mass is 9.98. The molecule has 128 valence electrons. The summed E-state index contributed by atoms with van der Waals surface area (Å²) in [4.78, 5) is 23.3. The minimum Gasteiger partial charge on any atom is -0.481 e. The van der Waals surface area contributed by atoms with Gasteiger partial charge >= 0.3 is 5.97 Å². The zero-order valence-electron chi connectivity index (χ0n) is 13.3. The van der Waals surface area contributed by atoms with Gasteiger partial charge in [0, 0.05) is 12.7 Å². The van der Waals surface area contributed by atoms with E-state index in [0.29, 0.717) is 11.3 Å². The molecule has 1 aromatic heterocycles. The van der Waals surface area contributed by atoms with Crippen molar-refractivity contribution in [1.82, 2.24) is 15.5 Å². The highest BCUT2D eigenvalue weighted by Gasteiger charge is 2.30. The van der Waals surface area contributed by atoms with Crippen molar-refractivity contribution < 1.29 is 23.8 Å². The van der Waals surface area contributed by atoms with Crippen LogP contribution in [0.5, 0.6) is 0 Å². The summed E-state index contributed by atoms with van der Waals surface area (Å²) in [6, 6.07) is 7.20. The van der Waals surface area contributed by atoms with Crippen molar-refractivity contribution in [2.24, 2.45) is 0 Å². The third-order valence-electron chi connectivity index (χ3n) is 3.38. The van der Waals surface area contributed by atoms with Crippen LogP contribution in [0.15, 0.2) is 30.3 Å². The fourth-order valence-corrected chi connectivity index (χ4v) is 2.33. The fraction of sp³-hybridized carbons (Fsp3) is 0.312. The molecule has 0 fully saturated rings. The van der Waals surface area contributed by atoms with E-state index in [2.05, 4.69) is 15.5 Å². The smallest absolute Gasteiger partial charge is 0.305 e. The number of nitrogens with one attached hydrogen (secondary N) is 2. The lowest BCUT2D eigenvalue weighted by Gasteiger charge is -2.28. The van der Waals surface area contributed by atoms with Gasteiger partial charge in [0.2, 0.25) is 0 Å². The van der Waals surface area contributed by atoms with E-state index in [0.717, 1.165) is 0 Å². The van der Waals surface area contributed by atoms with Gasteiger partial charge in [0.05, 0.1) is 24.3 Å². The number of benzene rings is 1. The van der Waals surface area contributed by atoms with Crippen molar-refractivity contribution in [2.45, 2.75) is 18.9 Å². The number of H-pyrrole nitrogens is 1. The van der Waals surface area contributed by atoms with Crippen molar-refractivity contribution >= 4 is 11.9 Å². The Balaban J connectivity index is 2.15. The van der Waals surface area contributed by atoms with Gasteiger partial charge in [-0.25, -0.2) is 4.39 Å². The summed E-state index contributed by atoms with van der Waals surface area (Å²) >= 11 is 0. The van der Waals surface area contributed by atoms with Gasteiger partial charge in [-0.2, -0.15) is 5.10 Å². The predicted molar refractivity (Wildman–Crippen MR) is 84.0 cm³/mol. The van der Waals surface area contributed by atoms with Gasteiger partial charge in [-0.15, -0.1) is 0 Å². The van der Waals surface area contributed by atoms with E-state index in [4.69, 9.17) is 9.84 Å². The number of carboxylic acids is 1. The molecule has 1 heterocycles. The number of carbonyl (C=O) groups excluding carboxylic acids is 1. The molecule has 0 aliphatic rings. The van der Waals surface area contributed by atoms with Crippen LogP contribution >= 0.6 is 0 Å². The average Bonchev–Trinajstić information content (AvgIpc) is 2.97. The third kappa shape index (κ3) is 4.39. The standard InChI is InChI=1S/C16H18FN3O4/c1-16(9-24-2,8-14(21)22)18-15(23)13-7-12(19-20-13)10-3-5-11(17)6-4-10/h3-7H,8-9H2,1-2H3,(H,18,23)(H,19,20)(H,21,22). The lowest BCUT2D eigenvalue weighted by Crippen LogP contribution is -2.50. The number of aromatic nitrogens is 2. The first kappa shape index (κ1) is 17.6. The number of hydrogen-bond acceptors (Lipinski definition) is 4. The number of aliphatic carboxylic acids is 1. The summed E-state index contributed by atoms with van der Waals surface area (Å²) in [5.74, 6) is -1.92. The zero-order chi connectivity index (χ0) is 17.7. The maximum Gasteiger partial charge on any atom is 0.305 e. The Labute approximate surface area is 137 Å². The van der Waals surface area contributed by atoms with Crippen LogP contribution in [0.2, 0.25) is 0 Å². The van der Waals surface area contributed by atoms with Gasteiger partial charge in [-0.05, 0) is 37.3 Å². The van der Waals surface area contributed by atoms with Gasteiger partial charge in [0.25, 0.3) is 5.91 Å². The summed E-state index contributed by atoms with van der Waals surface area (Å²) in [5.41, 5.74) is 0.240. The number of rotatable bonds is 7. The van der Waals surface area contributed by atoms with Crippen LogP contribution in [0.4, 0.5) is 4.39 Å². The molecule has 1 unspecified atom stereocenters. The molecule has 8 heteroatoms. The number of methoxy groups -OCH3 is 1. The Morgan fingerprint density at radius 3 is 2.62 bits per heavy atom. The van der Waals surface area contributed by atoms with Crippen molar-refractivity contribution in [1.29, 1.82) is 0 Å². The average molecular weight is 335 g/mol. The molecule has 1 amide bonds. The number of amides is 1. The van der Waals surface area contributed by atoms with Gasteiger partial charge < -0.3 is 15.2 Å². The van der Waals surface area contributed by atoms with Crippen LogP contribution in [-0.2, 0) is 9.53 Å². The van der Waals surface area contributed by atoms with E-state index in [1.165, 1.54) is 25.3 Å². The number of hydrogen-bond donors (Lipinski definition) is 3. The predicted octanol–water partition coefficient (Wildman–Crippen LogP) is 1.83. The molecule has 0 saturated heterocycles. The zero-order valence-corrected chi connectivity index (χ0v) is 13.3. The normalized spacial score (nSPS) is 13.3. The SMILES string of the molecule is COCC(C)(CC(=O)O)NC(=O)c1cc(-c2ccc(F)cc2)n[nH]1.